The average Bonchev–Trinajstić information content (AvgIpc) is 3.23. The summed E-state index contributed by atoms with van der Waals surface area (Å²) >= 11 is 6.07. The monoisotopic (exact) mass is 320 g/mol. The molecule has 3 rings (SSSR count). The quantitative estimate of drug-likeness (QED) is 0.902. The van der Waals surface area contributed by atoms with Crippen LogP contribution in [-0.4, -0.2) is 35.5 Å². The highest BCUT2D eigenvalue weighted by Crippen LogP contribution is 2.39. The van der Waals surface area contributed by atoms with Crippen molar-refractivity contribution in [3.05, 3.63) is 34.9 Å². The third-order valence-corrected chi connectivity index (χ3v) is 5.54. The second-order valence-corrected chi connectivity index (χ2v) is 7.91. The fourth-order valence-electron chi connectivity index (χ4n) is 3.07. The maximum Gasteiger partial charge on any atom is 0.230 e. The molecule has 1 aromatic carbocycles. The van der Waals surface area contributed by atoms with E-state index in [9.17, 15) is 4.79 Å². The average molecular weight is 321 g/mol. The Hall–Kier alpha value is -1.06. The van der Waals surface area contributed by atoms with Crippen LogP contribution in [0.2, 0.25) is 5.02 Å². The van der Waals surface area contributed by atoms with Gasteiger partial charge in [-0.3, -0.25) is 9.69 Å². The van der Waals surface area contributed by atoms with E-state index in [1.165, 1.54) is 6.42 Å². The summed E-state index contributed by atoms with van der Waals surface area (Å²) in [6.45, 7) is 8.35. The molecule has 0 aromatic heterocycles. The molecule has 1 aromatic rings. The molecule has 1 heterocycles. The van der Waals surface area contributed by atoms with Crippen molar-refractivity contribution < 1.29 is 4.79 Å². The third kappa shape index (κ3) is 3.02. The van der Waals surface area contributed by atoms with Crippen molar-refractivity contribution in [3.63, 3.8) is 0 Å². The molecule has 1 aliphatic carbocycles. The molecule has 1 aliphatic heterocycles. The molecule has 0 spiro atoms. The first-order chi connectivity index (χ1) is 10.3. The van der Waals surface area contributed by atoms with E-state index in [1.54, 1.807) is 0 Å². The van der Waals surface area contributed by atoms with Crippen molar-refractivity contribution in [1.29, 1.82) is 0 Å². The standard InChI is InChI=1S/C18H25ClN2O/c1-13-7-10-21(13)12-18(8-9-18)20-16(22)17(2,3)14-5-4-6-15(19)11-14/h4-6,11,13H,7-10,12H2,1-3H3,(H,20,22)/t13-/m1/s1. The number of rotatable bonds is 5. The number of hydrogen-bond acceptors (Lipinski definition) is 2. The SMILES string of the molecule is C[C@@H]1CCN1CC1(NC(=O)C(C)(C)c2cccc(Cl)c2)CC1. The van der Waals surface area contributed by atoms with Crippen LogP contribution in [0.5, 0.6) is 0 Å². The number of halogens is 1. The zero-order valence-electron chi connectivity index (χ0n) is 13.7. The summed E-state index contributed by atoms with van der Waals surface area (Å²) in [6, 6.07) is 8.27. The molecule has 120 valence electrons. The fourth-order valence-corrected chi connectivity index (χ4v) is 3.26. The molecule has 1 N–H and O–H groups in total. The van der Waals surface area contributed by atoms with Crippen LogP contribution >= 0.6 is 11.6 Å². The number of benzene rings is 1. The Morgan fingerprint density at radius 1 is 1.45 bits per heavy atom. The van der Waals surface area contributed by atoms with Crippen LogP contribution in [0.1, 0.15) is 45.6 Å². The van der Waals surface area contributed by atoms with E-state index >= 15 is 0 Å². The van der Waals surface area contributed by atoms with Crippen molar-refractivity contribution in [2.75, 3.05) is 13.1 Å². The van der Waals surface area contributed by atoms with E-state index in [4.69, 9.17) is 11.6 Å². The summed E-state index contributed by atoms with van der Waals surface area (Å²) in [5.41, 5.74) is 0.397. The number of likely N-dealkylation sites (tertiary alicyclic amines) is 1. The van der Waals surface area contributed by atoms with Gasteiger partial charge in [-0.15, -0.1) is 0 Å². The molecular formula is C18H25ClN2O. The Morgan fingerprint density at radius 2 is 2.18 bits per heavy atom. The molecular weight excluding hydrogens is 296 g/mol. The highest BCUT2D eigenvalue weighted by molar-refractivity contribution is 6.30. The topological polar surface area (TPSA) is 32.3 Å². The van der Waals surface area contributed by atoms with Crippen LogP contribution < -0.4 is 5.32 Å². The number of nitrogens with zero attached hydrogens (tertiary/aromatic N) is 1. The molecule has 1 saturated carbocycles. The first-order valence-corrected chi connectivity index (χ1v) is 8.53. The molecule has 2 aliphatic rings. The summed E-state index contributed by atoms with van der Waals surface area (Å²) in [6.07, 6.45) is 3.46. The highest BCUT2D eigenvalue weighted by Gasteiger charge is 2.48. The molecule has 4 heteroatoms. The molecule has 1 saturated heterocycles. The fraction of sp³-hybridized carbons (Fsp3) is 0.611. The van der Waals surface area contributed by atoms with Gasteiger partial charge >= 0.3 is 0 Å². The largest absolute Gasteiger partial charge is 0.349 e. The molecule has 0 unspecified atom stereocenters. The van der Waals surface area contributed by atoms with E-state index in [1.807, 2.05) is 38.1 Å². The number of hydrogen-bond donors (Lipinski definition) is 1. The van der Waals surface area contributed by atoms with Crippen molar-refractivity contribution in [2.45, 2.75) is 57.0 Å². The summed E-state index contributed by atoms with van der Waals surface area (Å²) in [5.74, 6) is 0.0976. The van der Waals surface area contributed by atoms with Gasteiger partial charge in [0, 0.05) is 17.6 Å². The lowest BCUT2D eigenvalue weighted by atomic mass is 9.83. The van der Waals surface area contributed by atoms with Gasteiger partial charge in [-0.2, -0.15) is 0 Å². The van der Waals surface area contributed by atoms with E-state index in [0.29, 0.717) is 11.1 Å². The van der Waals surface area contributed by atoms with Gasteiger partial charge in [0.15, 0.2) is 0 Å². The Balaban J connectivity index is 1.68. The predicted octanol–water partition coefficient (Wildman–Crippen LogP) is 3.36. The number of nitrogens with one attached hydrogen (secondary N) is 1. The smallest absolute Gasteiger partial charge is 0.230 e. The molecule has 2 fully saturated rings. The summed E-state index contributed by atoms with van der Waals surface area (Å²) in [5, 5.41) is 4.00. The molecule has 1 amide bonds. The normalized spacial score (nSPS) is 23.7. The van der Waals surface area contributed by atoms with Crippen molar-refractivity contribution in [3.8, 4) is 0 Å². The zero-order chi connectivity index (χ0) is 16.0. The lowest BCUT2D eigenvalue weighted by molar-refractivity contribution is -0.127. The van der Waals surface area contributed by atoms with E-state index in [-0.39, 0.29) is 11.4 Å². The first kappa shape index (κ1) is 15.8. The van der Waals surface area contributed by atoms with Crippen LogP contribution in [0.15, 0.2) is 24.3 Å². The Morgan fingerprint density at radius 3 is 2.68 bits per heavy atom. The molecule has 3 nitrogen and oxygen atoms in total. The zero-order valence-corrected chi connectivity index (χ0v) is 14.4. The van der Waals surface area contributed by atoms with E-state index < -0.39 is 5.41 Å². The van der Waals surface area contributed by atoms with Gasteiger partial charge in [0.05, 0.1) is 11.0 Å². The van der Waals surface area contributed by atoms with E-state index in [2.05, 4.69) is 17.1 Å². The van der Waals surface area contributed by atoms with Crippen LogP contribution in [-0.2, 0) is 10.2 Å². The van der Waals surface area contributed by atoms with Gasteiger partial charge in [-0.25, -0.2) is 0 Å². The van der Waals surface area contributed by atoms with Gasteiger partial charge in [-0.1, -0.05) is 23.7 Å². The highest BCUT2D eigenvalue weighted by atomic mass is 35.5. The van der Waals surface area contributed by atoms with Crippen molar-refractivity contribution in [2.24, 2.45) is 0 Å². The summed E-state index contributed by atoms with van der Waals surface area (Å²) < 4.78 is 0. The minimum Gasteiger partial charge on any atom is -0.349 e. The number of amides is 1. The van der Waals surface area contributed by atoms with Crippen LogP contribution in [0.4, 0.5) is 0 Å². The molecule has 22 heavy (non-hydrogen) atoms. The second-order valence-electron chi connectivity index (χ2n) is 7.48. The molecule has 0 bridgehead atoms. The predicted molar refractivity (Wildman–Crippen MR) is 90.2 cm³/mol. The van der Waals surface area contributed by atoms with Gasteiger partial charge < -0.3 is 5.32 Å². The Bertz CT molecular complexity index is 580. The summed E-state index contributed by atoms with van der Waals surface area (Å²) in [7, 11) is 0. The first-order valence-electron chi connectivity index (χ1n) is 8.15. The minimum atomic E-state index is -0.568. The maximum atomic E-state index is 12.8. The summed E-state index contributed by atoms with van der Waals surface area (Å²) in [4.78, 5) is 15.3. The lowest BCUT2D eigenvalue weighted by Crippen LogP contribution is -2.56. The maximum absolute atomic E-state index is 12.8. The van der Waals surface area contributed by atoms with Gasteiger partial charge in [0.25, 0.3) is 0 Å². The minimum absolute atomic E-state index is 0.00160. The van der Waals surface area contributed by atoms with Crippen LogP contribution in [0.3, 0.4) is 0 Å². The van der Waals surface area contributed by atoms with Crippen LogP contribution in [0, 0.1) is 0 Å². The van der Waals surface area contributed by atoms with Gasteiger partial charge in [0.1, 0.15) is 0 Å². The molecule has 0 radical (unpaired) electrons. The molecule has 1 atom stereocenters. The van der Waals surface area contributed by atoms with Gasteiger partial charge in [-0.05, 0) is 64.3 Å². The number of carbonyl (C=O) groups is 1. The Kier molecular flexibility index (Phi) is 3.98. The van der Waals surface area contributed by atoms with Gasteiger partial charge in [0.2, 0.25) is 5.91 Å². The van der Waals surface area contributed by atoms with Crippen LogP contribution in [0.25, 0.3) is 0 Å². The lowest BCUT2D eigenvalue weighted by Gasteiger charge is -2.41. The number of carbonyl (C=O) groups excluding carboxylic acids is 1. The Labute approximate surface area is 138 Å². The third-order valence-electron chi connectivity index (χ3n) is 5.31. The van der Waals surface area contributed by atoms with Crippen molar-refractivity contribution >= 4 is 17.5 Å². The van der Waals surface area contributed by atoms with Crippen molar-refractivity contribution in [1.82, 2.24) is 10.2 Å². The van der Waals surface area contributed by atoms with E-state index in [0.717, 1.165) is 31.5 Å². The second kappa shape index (κ2) is 5.54.